The van der Waals surface area contributed by atoms with Gasteiger partial charge < -0.3 is 9.73 Å². The number of halogens is 1. The first-order valence-electron chi connectivity index (χ1n) is 5.16. The van der Waals surface area contributed by atoms with Crippen LogP contribution in [0.1, 0.15) is 11.3 Å². The molecule has 0 saturated heterocycles. The smallest absolute Gasteiger partial charge is 0.127 e. The molecule has 0 aliphatic heterocycles. The highest BCUT2D eigenvalue weighted by molar-refractivity contribution is 5.43. The van der Waals surface area contributed by atoms with Crippen LogP contribution in [0.4, 0.5) is 10.2 Å². The molecule has 2 aromatic heterocycles. The average Bonchev–Trinajstić information content (AvgIpc) is 2.88. The van der Waals surface area contributed by atoms with Gasteiger partial charge in [0.15, 0.2) is 0 Å². The van der Waals surface area contributed by atoms with Crippen LogP contribution < -0.4 is 5.32 Å². The summed E-state index contributed by atoms with van der Waals surface area (Å²) >= 11 is 0. The monoisotopic (exact) mass is 223 g/mol. The molecule has 86 valence electrons. The largest absolute Gasteiger partial charge is 0.467 e. The summed E-state index contributed by atoms with van der Waals surface area (Å²) in [4.78, 5) is 0. The van der Waals surface area contributed by atoms with Crippen LogP contribution in [-0.4, -0.2) is 16.5 Å². The van der Waals surface area contributed by atoms with E-state index < -0.39 is 6.67 Å². The lowest BCUT2D eigenvalue weighted by Crippen LogP contribution is -2.09. The molecule has 5 heteroatoms. The van der Waals surface area contributed by atoms with E-state index in [2.05, 4.69) is 10.4 Å². The molecule has 0 atom stereocenters. The van der Waals surface area contributed by atoms with Crippen LogP contribution in [0.3, 0.4) is 0 Å². The zero-order valence-corrected chi connectivity index (χ0v) is 9.11. The number of hydrogen-bond acceptors (Lipinski definition) is 3. The van der Waals surface area contributed by atoms with Crippen molar-refractivity contribution >= 4 is 5.82 Å². The van der Waals surface area contributed by atoms with Crippen LogP contribution in [0.2, 0.25) is 0 Å². The zero-order chi connectivity index (χ0) is 11.4. The van der Waals surface area contributed by atoms with Crippen molar-refractivity contribution in [1.82, 2.24) is 9.78 Å². The number of nitrogens with zero attached hydrogens (tertiary/aromatic N) is 2. The van der Waals surface area contributed by atoms with E-state index in [9.17, 15) is 4.39 Å². The average molecular weight is 223 g/mol. The highest BCUT2D eigenvalue weighted by atomic mass is 19.1. The van der Waals surface area contributed by atoms with Gasteiger partial charge in [-0.1, -0.05) is 0 Å². The van der Waals surface area contributed by atoms with Gasteiger partial charge >= 0.3 is 0 Å². The Morgan fingerprint density at radius 3 is 3.12 bits per heavy atom. The number of hydrogen-bond donors (Lipinski definition) is 1. The van der Waals surface area contributed by atoms with E-state index in [1.165, 1.54) is 0 Å². The zero-order valence-electron chi connectivity index (χ0n) is 9.11. The predicted octanol–water partition coefficient (Wildman–Crippen LogP) is 2.37. The molecule has 16 heavy (non-hydrogen) atoms. The maximum atomic E-state index is 12.3. The molecule has 2 rings (SSSR count). The Bertz CT molecular complexity index is 436. The second-order valence-electron chi connectivity index (χ2n) is 3.52. The maximum Gasteiger partial charge on any atom is 0.127 e. The summed E-state index contributed by atoms with van der Waals surface area (Å²) in [7, 11) is 0. The van der Waals surface area contributed by atoms with Gasteiger partial charge in [-0.3, -0.25) is 0 Å². The first kappa shape index (κ1) is 10.7. The Labute approximate surface area is 93.1 Å². The van der Waals surface area contributed by atoms with E-state index in [1.807, 2.05) is 19.1 Å². The lowest BCUT2D eigenvalue weighted by Gasteiger charge is -2.08. The molecule has 1 N–H and O–H groups in total. The van der Waals surface area contributed by atoms with Crippen molar-refractivity contribution in [2.45, 2.75) is 20.0 Å². The molecule has 0 radical (unpaired) electrons. The number of aryl methyl sites for hydroxylation is 2. The third kappa shape index (κ3) is 2.24. The van der Waals surface area contributed by atoms with Crippen molar-refractivity contribution in [3.05, 3.63) is 35.9 Å². The number of aromatic nitrogens is 2. The maximum absolute atomic E-state index is 12.3. The molecule has 0 amide bonds. The quantitative estimate of drug-likeness (QED) is 0.846. The minimum Gasteiger partial charge on any atom is -0.467 e. The molecule has 0 aliphatic rings. The SMILES string of the molecule is Cc1cnn(CCF)c1NCc1ccco1. The fourth-order valence-corrected chi connectivity index (χ4v) is 1.54. The summed E-state index contributed by atoms with van der Waals surface area (Å²) in [6.45, 7) is 2.36. The van der Waals surface area contributed by atoms with Gasteiger partial charge in [0.1, 0.15) is 18.3 Å². The minimum absolute atomic E-state index is 0.272. The fourth-order valence-electron chi connectivity index (χ4n) is 1.54. The lowest BCUT2D eigenvalue weighted by atomic mass is 10.3. The molecule has 4 nitrogen and oxygen atoms in total. The topological polar surface area (TPSA) is 43.0 Å². The van der Waals surface area contributed by atoms with Gasteiger partial charge in [-0.05, 0) is 19.1 Å². The number of nitrogens with one attached hydrogen (secondary N) is 1. The fraction of sp³-hybridized carbons (Fsp3) is 0.364. The van der Waals surface area contributed by atoms with Crippen molar-refractivity contribution in [1.29, 1.82) is 0 Å². The Kier molecular flexibility index (Phi) is 3.24. The second kappa shape index (κ2) is 4.83. The van der Waals surface area contributed by atoms with Gasteiger partial charge in [-0.25, -0.2) is 9.07 Å². The Balaban J connectivity index is 2.05. The first-order chi connectivity index (χ1) is 7.81. The Morgan fingerprint density at radius 1 is 1.56 bits per heavy atom. The van der Waals surface area contributed by atoms with E-state index in [0.29, 0.717) is 6.54 Å². The Hall–Kier alpha value is -1.78. The van der Waals surface area contributed by atoms with E-state index >= 15 is 0 Å². The highest BCUT2D eigenvalue weighted by Crippen LogP contribution is 2.15. The standard InChI is InChI=1S/C11H14FN3O/c1-9-7-14-15(5-4-12)11(9)13-8-10-3-2-6-16-10/h2-3,6-7,13H,4-5,8H2,1H3. The molecule has 0 fully saturated rings. The normalized spacial score (nSPS) is 10.6. The first-order valence-corrected chi connectivity index (χ1v) is 5.16. The van der Waals surface area contributed by atoms with Gasteiger partial charge in [-0.15, -0.1) is 0 Å². The molecular formula is C11H14FN3O. The van der Waals surface area contributed by atoms with Crippen LogP contribution in [0, 0.1) is 6.92 Å². The minimum atomic E-state index is -0.420. The van der Waals surface area contributed by atoms with Crippen LogP contribution in [0.15, 0.2) is 29.0 Å². The number of anilines is 1. The molecule has 0 saturated carbocycles. The van der Waals surface area contributed by atoms with Gasteiger partial charge in [0, 0.05) is 5.56 Å². The second-order valence-corrected chi connectivity index (χ2v) is 3.52. The number of furan rings is 1. The summed E-state index contributed by atoms with van der Waals surface area (Å²) in [6.07, 6.45) is 3.35. The van der Waals surface area contributed by atoms with E-state index in [1.54, 1.807) is 17.1 Å². The summed E-state index contributed by atoms with van der Waals surface area (Å²) < 4.78 is 19.1. The van der Waals surface area contributed by atoms with Gasteiger partial charge in [0.2, 0.25) is 0 Å². The van der Waals surface area contributed by atoms with Crippen LogP contribution in [0.5, 0.6) is 0 Å². The van der Waals surface area contributed by atoms with Crippen molar-refractivity contribution in [3.63, 3.8) is 0 Å². The molecular weight excluding hydrogens is 209 g/mol. The molecule has 0 unspecified atom stereocenters. The summed E-state index contributed by atoms with van der Waals surface area (Å²) in [5.74, 6) is 1.68. The summed E-state index contributed by atoms with van der Waals surface area (Å²) in [5, 5.41) is 7.28. The van der Waals surface area contributed by atoms with Crippen molar-refractivity contribution in [2.75, 3.05) is 12.0 Å². The van der Waals surface area contributed by atoms with Gasteiger partial charge in [0.05, 0.1) is 25.5 Å². The summed E-state index contributed by atoms with van der Waals surface area (Å²) in [5.41, 5.74) is 1.00. The van der Waals surface area contributed by atoms with Crippen molar-refractivity contribution < 1.29 is 8.81 Å². The van der Waals surface area contributed by atoms with Crippen LogP contribution in [0.25, 0.3) is 0 Å². The van der Waals surface area contributed by atoms with Crippen LogP contribution >= 0.6 is 0 Å². The number of alkyl halides is 1. The van der Waals surface area contributed by atoms with E-state index in [0.717, 1.165) is 17.1 Å². The lowest BCUT2D eigenvalue weighted by molar-refractivity contribution is 0.428. The van der Waals surface area contributed by atoms with Gasteiger partial charge in [-0.2, -0.15) is 5.10 Å². The van der Waals surface area contributed by atoms with E-state index in [4.69, 9.17) is 4.42 Å². The third-order valence-corrected chi connectivity index (χ3v) is 2.33. The predicted molar refractivity (Wildman–Crippen MR) is 59.0 cm³/mol. The molecule has 0 spiro atoms. The van der Waals surface area contributed by atoms with Crippen molar-refractivity contribution in [2.24, 2.45) is 0 Å². The Morgan fingerprint density at radius 2 is 2.44 bits per heavy atom. The number of rotatable bonds is 5. The molecule has 0 aromatic carbocycles. The van der Waals surface area contributed by atoms with E-state index in [-0.39, 0.29) is 6.54 Å². The highest BCUT2D eigenvalue weighted by Gasteiger charge is 2.07. The van der Waals surface area contributed by atoms with Crippen LogP contribution in [-0.2, 0) is 13.1 Å². The molecule has 0 bridgehead atoms. The van der Waals surface area contributed by atoms with Gasteiger partial charge in [0.25, 0.3) is 0 Å². The molecule has 0 aliphatic carbocycles. The third-order valence-electron chi connectivity index (χ3n) is 2.33. The summed E-state index contributed by atoms with van der Waals surface area (Å²) in [6, 6.07) is 3.72. The molecule has 2 aromatic rings. The molecule has 2 heterocycles. The van der Waals surface area contributed by atoms with Crippen molar-refractivity contribution in [3.8, 4) is 0 Å².